The number of piperidine rings is 1. The van der Waals surface area contributed by atoms with Gasteiger partial charge in [-0.25, -0.2) is 14.0 Å². The first kappa shape index (κ1) is 34.7. The van der Waals surface area contributed by atoms with E-state index in [0.29, 0.717) is 42.3 Å². The molecule has 1 N–H and O–H groups in total. The molecule has 0 spiro atoms. The van der Waals surface area contributed by atoms with Crippen molar-refractivity contribution in [3.05, 3.63) is 77.0 Å². The van der Waals surface area contributed by atoms with Crippen LogP contribution in [0.15, 0.2) is 63.9 Å². The first-order valence-electron chi connectivity index (χ1n) is 16.3. The molecule has 2 amide bonds. The second kappa shape index (κ2) is 14.2. The van der Waals surface area contributed by atoms with Gasteiger partial charge in [0.2, 0.25) is 0 Å². The summed E-state index contributed by atoms with van der Waals surface area (Å²) in [4.78, 5) is 37.7. The van der Waals surface area contributed by atoms with Crippen LogP contribution in [0.4, 0.5) is 22.0 Å². The van der Waals surface area contributed by atoms with Crippen molar-refractivity contribution in [1.82, 2.24) is 9.88 Å². The number of aryl methyl sites for hydroxylation is 2. The quantitative estimate of drug-likeness (QED) is 0.335. The number of carbonyl (C=O) groups is 2. The van der Waals surface area contributed by atoms with Gasteiger partial charge in [-0.1, -0.05) is 30.3 Å². The monoisotopic (exact) mass is 671 g/mol. The molecule has 5 rings (SSSR count). The van der Waals surface area contributed by atoms with Crippen LogP contribution in [-0.4, -0.2) is 83.3 Å². The van der Waals surface area contributed by atoms with E-state index in [-0.39, 0.29) is 11.9 Å². The molecule has 1 unspecified atom stereocenters. The van der Waals surface area contributed by atoms with Crippen LogP contribution in [0, 0.1) is 25.2 Å². The summed E-state index contributed by atoms with van der Waals surface area (Å²) in [5, 5.41) is 13.1. The topological polar surface area (TPSA) is 131 Å². The Morgan fingerprint density at radius 2 is 1.54 bits per heavy atom. The number of pyridine rings is 1. The zero-order valence-corrected chi connectivity index (χ0v) is 29.5. The van der Waals surface area contributed by atoms with Crippen molar-refractivity contribution in [3.63, 3.8) is 0 Å². The van der Waals surface area contributed by atoms with Crippen molar-refractivity contribution in [1.29, 1.82) is 5.26 Å². The Morgan fingerprint density at radius 3 is 2.19 bits per heavy atom. The number of rotatable bonds is 6. The highest BCUT2D eigenvalue weighted by molar-refractivity contribution is 7.93. The molecule has 3 heterocycles. The van der Waals surface area contributed by atoms with Crippen LogP contribution in [0.3, 0.4) is 0 Å². The van der Waals surface area contributed by atoms with E-state index in [4.69, 9.17) is 9.72 Å². The third kappa shape index (κ3) is 8.08. The van der Waals surface area contributed by atoms with Crippen molar-refractivity contribution in [2.24, 2.45) is 4.36 Å². The zero-order valence-electron chi connectivity index (χ0n) is 28.7. The molecule has 1 atom stereocenters. The summed E-state index contributed by atoms with van der Waals surface area (Å²) in [5.74, 6) is 0.601. The average Bonchev–Trinajstić information content (AvgIpc) is 3.05. The first-order valence-corrected chi connectivity index (χ1v) is 18.3. The van der Waals surface area contributed by atoms with Crippen LogP contribution in [0.2, 0.25) is 0 Å². The summed E-state index contributed by atoms with van der Waals surface area (Å²) in [6.07, 6.45) is 2.36. The molecule has 2 fully saturated rings. The molecule has 11 nitrogen and oxygen atoms in total. The summed E-state index contributed by atoms with van der Waals surface area (Å²) in [5.41, 5.74) is 3.89. The molecule has 0 radical (unpaired) electrons. The van der Waals surface area contributed by atoms with Gasteiger partial charge in [-0.05, 0) is 82.9 Å². The lowest BCUT2D eigenvalue weighted by molar-refractivity contribution is 0.0607. The van der Waals surface area contributed by atoms with Gasteiger partial charge in [0.1, 0.15) is 23.2 Å². The number of amides is 2. The highest BCUT2D eigenvalue weighted by Crippen LogP contribution is 2.29. The number of ether oxygens (including phenoxy) is 1. The number of hydrogen-bond acceptors (Lipinski definition) is 9. The normalized spacial score (nSPS) is 16.9. The van der Waals surface area contributed by atoms with Gasteiger partial charge in [0.05, 0.1) is 31.6 Å². The molecule has 254 valence electrons. The lowest BCUT2D eigenvalue weighted by Crippen LogP contribution is -2.49. The predicted molar refractivity (Wildman–Crippen MR) is 189 cm³/mol. The molecule has 0 saturated carbocycles. The Kier molecular flexibility index (Phi) is 10.3. The van der Waals surface area contributed by atoms with Crippen molar-refractivity contribution in [2.45, 2.75) is 64.0 Å². The molecule has 0 bridgehead atoms. The average molecular weight is 672 g/mol. The molecule has 2 aliphatic rings. The largest absolute Gasteiger partial charge is 0.442 e. The van der Waals surface area contributed by atoms with E-state index in [1.807, 2.05) is 61.2 Å². The van der Waals surface area contributed by atoms with Gasteiger partial charge < -0.3 is 24.8 Å². The van der Waals surface area contributed by atoms with E-state index < -0.39 is 21.4 Å². The van der Waals surface area contributed by atoms with Crippen LogP contribution in [0.1, 0.15) is 60.8 Å². The Morgan fingerprint density at radius 1 is 0.938 bits per heavy atom. The van der Waals surface area contributed by atoms with Gasteiger partial charge in [-0.3, -0.25) is 4.79 Å². The number of carbonyl (C=O) groups excluding carboxylic acids is 2. The van der Waals surface area contributed by atoms with Gasteiger partial charge >= 0.3 is 6.09 Å². The van der Waals surface area contributed by atoms with Gasteiger partial charge in [-0.2, -0.15) is 5.26 Å². The number of anilines is 3. The molecular formula is C36H45N7O4S. The summed E-state index contributed by atoms with van der Waals surface area (Å²) in [7, 11) is -3.09. The highest BCUT2D eigenvalue weighted by atomic mass is 32.2. The minimum absolute atomic E-state index is 0.120. The fourth-order valence-corrected chi connectivity index (χ4v) is 7.56. The van der Waals surface area contributed by atoms with E-state index >= 15 is 0 Å². The maximum atomic E-state index is 13.8. The fourth-order valence-electron chi connectivity index (χ4n) is 6.23. The number of piperazine rings is 1. The minimum atomic E-state index is -3.09. The highest BCUT2D eigenvalue weighted by Gasteiger charge is 2.28. The van der Waals surface area contributed by atoms with Crippen LogP contribution in [0.5, 0.6) is 0 Å². The summed E-state index contributed by atoms with van der Waals surface area (Å²) in [6, 6.07) is 19.5. The van der Waals surface area contributed by atoms with Crippen LogP contribution in [-0.2, 0) is 14.5 Å². The number of nitrogens with one attached hydrogen (secondary N) is 1. The number of benzene rings is 2. The SMILES string of the molecule is Cc1cc(C)c(C(=O)N2CCN(c3ccccc3S(C)(=O)=NC(=O)OC(C)(C)C)CC2)nc1NC1CCN(c2ccccc2C#N)CC1. The van der Waals surface area contributed by atoms with E-state index in [0.717, 1.165) is 54.3 Å². The third-order valence-corrected chi connectivity index (χ3v) is 10.3. The lowest BCUT2D eigenvalue weighted by atomic mass is 10.0. The van der Waals surface area contributed by atoms with Crippen molar-refractivity contribution in [2.75, 3.05) is 60.6 Å². The summed E-state index contributed by atoms with van der Waals surface area (Å²) >= 11 is 0. The van der Waals surface area contributed by atoms with Gasteiger partial charge in [-0.15, -0.1) is 4.36 Å². The number of para-hydroxylation sites is 2. The maximum Gasteiger partial charge on any atom is 0.442 e. The van der Waals surface area contributed by atoms with Crippen LogP contribution < -0.4 is 15.1 Å². The van der Waals surface area contributed by atoms with E-state index in [1.165, 1.54) is 6.26 Å². The van der Waals surface area contributed by atoms with Crippen LogP contribution >= 0.6 is 0 Å². The molecule has 48 heavy (non-hydrogen) atoms. The third-order valence-electron chi connectivity index (χ3n) is 8.63. The zero-order chi connectivity index (χ0) is 34.6. The molecular weight excluding hydrogens is 627 g/mol. The Hall–Kier alpha value is -4.63. The molecule has 3 aromatic rings. The molecule has 1 aromatic heterocycles. The maximum absolute atomic E-state index is 13.8. The molecule has 2 aromatic carbocycles. The first-order chi connectivity index (χ1) is 22.8. The summed E-state index contributed by atoms with van der Waals surface area (Å²) in [6.45, 7) is 12.7. The number of nitrogens with zero attached hydrogens (tertiary/aromatic N) is 6. The standard InChI is InChI=1S/C36H45N7O4S/c1-25-23-26(2)33(38-28-15-17-41(18-16-28)29-12-8-7-11-27(29)24-37)39-32(25)34(44)43-21-19-42(20-22-43)30-13-9-10-14-31(30)48(6,46)40-35(45)47-36(3,4)5/h7-14,23,28H,15-22H2,1-6H3,(H,38,39). The second-order valence-electron chi connectivity index (χ2n) is 13.5. The second-order valence-corrected chi connectivity index (χ2v) is 15.7. The molecule has 2 aliphatic heterocycles. The van der Waals surface area contributed by atoms with E-state index in [1.54, 1.807) is 32.9 Å². The van der Waals surface area contributed by atoms with Gasteiger partial charge in [0, 0.05) is 51.6 Å². The molecule has 0 aliphatic carbocycles. The van der Waals surface area contributed by atoms with E-state index in [9.17, 15) is 19.1 Å². The summed E-state index contributed by atoms with van der Waals surface area (Å²) < 4.78 is 22.9. The number of aromatic nitrogens is 1. The number of nitriles is 1. The van der Waals surface area contributed by atoms with Gasteiger partial charge in [0.15, 0.2) is 0 Å². The van der Waals surface area contributed by atoms with Crippen molar-refractivity contribution in [3.8, 4) is 6.07 Å². The number of hydrogen-bond donors (Lipinski definition) is 1. The predicted octanol–water partition coefficient (Wildman–Crippen LogP) is 6.01. The molecule has 12 heteroatoms. The fraction of sp³-hybridized carbons (Fsp3) is 0.444. The Balaban J connectivity index is 1.24. The smallest absolute Gasteiger partial charge is 0.442 e. The Labute approximate surface area is 284 Å². The van der Waals surface area contributed by atoms with Crippen LogP contribution in [0.25, 0.3) is 0 Å². The van der Waals surface area contributed by atoms with Crippen molar-refractivity contribution < 1.29 is 18.5 Å². The minimum Gasteiger partial charge on any atom is -0.442 e. The van der Waals surface area contributed by atoms with Gasteiger partial charge in [0.25, 0.3) is 5.91 Å². The van der Waals surface area contributed by atoms with Crippen molar-refractivity contribution >= 4 is 38.9 Å². The molecule has 2 saturated heterocycles. The Bertz CT molecular complexity index is 1840. The lowest BCUT2D eigenvalue weighted by Gasteiger charge is -2.37. The van der Waals surface area contributed by atoms with E-state index in [2.05, 4.69) is 25.5 Å².